The highest BCUT2D eigenvalue weighted by Gasteiger charge is 2.62. The number of aliphatic hydroxyl groups is 1. The van der Waals surface area contributed by atoms with Crippen LogP contribution in [0.4, 0.5) is 4.79 Å². The van der Waals surface area contributed by atoms with Crippen LogP contribution < -0.4 is 15.4 Å². The molecule has 12 nitrogen and oxygen atoms in total. The van der Waals surface area contributed by atoms with Gasteiger partial charge in [-0.15, -0.1) is 0 Å². The predicted octanol–water partition coefficient (Wildman–Crippen LogP) is 1.34. The number of alkyl carbamates (subject to hydrolysis) is 1. The standard InChI is InChI=1S/C28H44N4O8S/c1-16-7-6-8-17(2)22(29-26(37)40-27(3,4)5)24(35)32-15-19(33)13-21(32)23(34)30-28(14-18(28)10-9-16)25(36)31-41(38,39)20-11-12-20/h9-10,16-22,33H,6-8,11-15H2,1-5H3,(H,29,37)(H,30,34)(H,31,36)/b10-9-/t16?,17-,18-,19-,21+,22+,28-/m1/s1. The summed E-state index contributed by atoms with van der Waals surface area (Å²) in [6.45, 7) is 8.91. The van der Waals surface area contributed by atoms with E-state index in [1.54, 1.807) is 20.8 Å². The van der Waals surface area contributed by atoms with Crippen molar-refractivity contribution in [2.24, 2.45) is 17.8 Å². The molecule has 230 valence electrons. The lowest BCUT2D eigenvalue weighted by molar-refractivity contribution is -0.142. The van der Waals surface area contributed by atoms with E-state index in [4.69, 9.17) is 4.74 Å². The fourth-order valence-corrected chi connectivity index (χ4v) is 7.05. The molecule has 7 atom stereocenters. The Morgan fingerprint density at radius 1 is 1.12 bits per heavy atom. The Labute approximate surface area is 242 Å². The van der Waals surface area contributed by atoms with E-state index in [9.17, 15) is 32.7 Å². The summed E-state index contributed by atoms with van der Waals surface area (Å²) in [5.41, 5.74) is -2.26. The lowest BCUT2D eigenvalue weighted by Gasteiger charge is -2.32. The van der Waals surface area contributed by atoms with Crippen LogP contribution in [0, 0.1) is 17.8 Å². The minimum atomic E-state index is -3.85. The molecule has 0 spiro atoms. The average Bonchev–Trinajstić information content (AvgIpc) is 3.76. The van der Waals surface area contributed by atoms with E-state index >= 15 is 0 Å². The summed E-state index contributed by atoms with van der Waals surface area (Å²) in [5, 5.41) is 15.3. The monoisotopic (exact) mass is 596 g/mol. The maximum Gasteiger partial charge on any atom is 0.408 e. The number of sulfonamides is 1. The molecule has 2 heterocycles. The Kier molecular flexibility index (Phi) is 8.80. The van der Waals surface area contributed by atoms with Crippen LogP contribution in [0.2, 0.25) is 0 Å². The lowest BCUT2D eigenvalue weighted by atomic mass is 9.92. The fourth-order valence-electron chi connectivity index (χ4n) is 5.68. The molecular weight excluding hydrogens is 552 g/mol. The molecule has 1 saturated heterocycles. The average molecular weight is 597 g/mol. The van der Waals surface area contributed by atoms with E-state index in [1.807, 2.05) is 26.0 Å². The summed E-state index contributed by atoms with van der Waals surface area (Å²) in [4.78, 5) is 54.9. The molecule has 3 fully saturated rings. The predicted molar refractivity (Wildman–Crippen MR) is 150 cm³/mol. The first kappa shape index (κ1) is 31.3. The number of amides is 4. The number of hydrogen-bond donors (Lipinski definition) is 4. The van der Waals surface area contributed by atoms with Crippen molar-refractivity contribution in [2.45, 2.75) is 114 Å². The maximum absolute atomic E-state index is 13.9. The molecule has 1 unspecified atom stereocenters. The van der Waals surface area contributed by atoms with Crippen molar-refractivity contribution < 1.29 is 37.4 Å². The summed E-state index contributed by atoms with van der Waals surface area (Å²) >= 11 is 0. The normalized spacial score (nSPS) is 35.6. The van der Waals surface area contributed by atoms with E-state index in [2.05, 4.69) is 15.4 Å². The quantitative estimate of drug-likeness (QED) is 0.352. The van der Waals surface area contributed by atoms with Gasteiger partial charge in [-0.05, 0) is 64.7 Å². The van der Waals surface area contributed by atoms with E-state index in [1.165, 1.54) is 4.90 Å². The molecule has 13 heteroatoms. The van der Waals surface area contributed by atoms with Crippen molar-refractivity contribution in [3.63, 3.8) is 0 Å². The number of ether oxygens (including phenoxy) is 1. The molecule has 41 heavy (non-hydrogen) atoms. The number of rotatable bonds is 4. The van der Waals surface area contributed by atoms with Crippen LogP contribution in [0.1, 0.15) is 79.6 Å². The third kappa shape index (κ3) is 7.40. The van der Waals surface area contributed by atoms with E-state index < -0.39 is 74.3 Å². The van der Waals surface area contributed by atoms with E-state index in [0.717, 1.165) is 12.8 Å². The van der Waals surface area contributed by atoms with Crippen LogP contribution in [0.3, 0.4) is 0 Å². The van der Waals surface area contributed by atoms with Crippen molar-refractivity contribution in [3.05, 3.63) is 12.2 Å². The van der Waals surface area contributed by atoms with Gasteiger partial charge in [0.05, 0.1) is 11.4 Å². The Morgan fingerprint density at radius 3 is 2.44 bits per heavy atom. The van der Waals surface area contributed by atoms with Gasteiger partial charge in [0.1, 0.15) is 23.2 Å². The van der Waals surface area contributed by atoms with Gasteiger partial charge < -0.3 is 25.4 Å². The lowest BCUT2D eigenvalue weighted by Crippen LogP contribution is -2.59. The third-order valence-corrected chi connectivity index (χ3v) is 10.1. The zero-order valence-corrected chi connectivity index (χ0v) is 25.3. The number of aliphatic hydroxyl groups excluding tert-OH is 1. The zero-order chi connectivity index (χ0) is 30.3. The van der Waals surface area contributed by atoms with Gasteiger partial charge in [0, 0.05) is 18.9 Å². The summed E-state index contributed by atoms with van der Waals surface area (Å²) in [7, 11) is -3.85. The summed E-state index contributed by atoms with van der Waals surface area (Å²) in [6, 6.07) is -2.11. The molecule has 4 amide bonds. The van der Waals surface area contributed by atoms with E-state index in [-0.39, 0.29) is 31.2 Å². The van der Waals surface area contributed by atoms with Crippen LogP contribution >= 0.6 is 0 Å². The molecular formula is C28H44N4O8S. The Bertz CT molecular complexity index is 1190. The van der Waals surface area contributed by atoms with Gasteiger partial charge in [0.2, 0.25) is 21.8 Å². The van der Waals surface area contributed by atoms with Crippen LogP contribution in [0.25, 0.3) is 0 Å². The highest BCUT2D eigenvalue weighted by molar-refractivity contribution is 7.91. The number of nitrogens with one attached hydrogen (secondary N) is 3. The molecule has 4 aliphatic rings. The highest BCUT2D eigenvalue weighted by atomic mass is 32.2. The number of allylic oxidation sites excluding steroid dienone is 1. The summed E-state index contributed by atoms with van der Waals surface area (Å²) < 4.78 is 32.7. The first-order chi connectivity index (χ1) is 19.0. The van der Waals surface area contributed by atoms with Crippen LogP contribution in [0.5, 0.6) is 0 Å². The van der Waals surface area contributed by atoms with Gasteiger partial charge in [0.25, 0.3) is 5.91 Å². The van der Waals surface area contributed by atoms with Gasteiger partial charge in [0.15, 0.2) is 0 Å². The second-order valence-corrected chi connectivity index (χ2v) is 15.2. The van der Waals surface area contributed by atoms with Gasteiger partial charge in [-0.1, -0.05) is 32.4 Å². The van der Waals surface area contributed by atoms with Gasteiger partial charge in [-0.2, -0.15) is 0 Å². The molecule has 4 rings (SSSR count). The molecule has 0 aromatic rings. The fraction of sp³-hybridized carbons (Fsp3) is 0.786. The third-order valence-electron chi connectivity index (χ3n) is 8.33. The maximum atomic E-state index is 13.9. The first-order valence-corrected chi connectivity index (χ1v) is 16.1. The molecule has 0 bridgehead atoms. The van der Waals surface area contributed by atoms with Crippen LogP contribution in [-0.4, -0.2) is 83.4 Å². The van der Waals surface area contributed by atoms with E-state index in [0.29, 0.717) is 19.3 Å². The van der Waals surface area contributed by atoms with Crippen LogP contribution in [0.15, 0.2) is 12.2 Å². The van der Waals surface area contributed by atoms with Crippen LogP contribution in [-0.2, 0) is 29.1 Å². The minimum absolute atomic E-state index is 0.0548. The Morgan fingerprint density at radius 2 is 1.80 bits per heavy atom. The number of fused-ring (bicyclic) bond motifs is 2. The van der Waals surface area contributed by atoms with Crippen molar-refractivity contribution in [3.8, 4) is 0 Å². The Hall–Kier alpha value is -2.67. The molecule has 0 radical (unpaired) electrons. The zero-order valence-electron chi connectivity index (χ0n) is 24.5. The van der Waals surface area contributed by atoms with Gasteiger partial charge >= 0.3 is 6.09 Å². The first-order valence-electron chi connectivity index (χ1n) is 14.6. The van der Waals surface area contributed by atoms with Gasteiger partial charge in [-0.3, -0.25) is 19.1 Å². The van der Waals surface area contributed by atoms with Crippen molar-refractivity contribution in [1.29, 1.82) is 0 Å². The topological polar surface area (TPSA) is 171 Å². The highest BCUT2D eigenvalue weighted by Crippen LogP contribution is 2.46. The largest absolute Gasteiger partial charge is 0.444 e. The Balaban J connectivity index is 1.62. The molecule has 2 saturated carbocycles. The summed E-state index contributed by atoms with van der Waals surface area (Å²) in [5.74, 6) is -2.55. The van der Waals surface area contributed by atoms with Crippen molar-refractivity contribution >= 4 is 33.8 Å². The smallest absolute Gasteiger partial charge is 0.408 e. The molecule has 0 aromatic heterocycles. The second-order valence-electron chi connectivity index (χ2n) is 13.2. The summed E-state index contributed by atoms with van der Waals surface area (Å²) in [6.07, 6.45) is 5.37. The SMILES string of the molecule is CC1/C=C\[C@@H]2C[C@@]2(C(=O)NS(=O)(=O)C2CC2)NC(=O)[C@@H]2C[C@@H](O)CN2C(=O)[C@@H](NC(=O)OC(C)(C)C)[C@H](C)CCC1. The molecule has 2 aliphatic carbocycles. The number of carbonyl (C=O) groups excluding carboxylic acids is 4. The molecule has 0 aromatic carbocycles. The van der Waals surface area contributed by atoms with Gasteiger partial charge in [-0.25, -0.2) is 13.2 Å². The number of hydrogen-bond acceptors (Lipinski definition) is 8. The molecule has 2 aliphatic heterocycles. The second kappa shape index (κ2) is 11.5. The van der Waals surface area contributed by atoms with Crippen molar-refractivity contribution in [2.75, 3.05) is 6.54 Å². The molecule has 4 N–H and O–H groups in total. The number of carbonyl (C=O) groups is 4. The minimum Gasteiger partial charge on any atom is -0.444 e. The van der Waals surface area contributed by atoms with Crippen molar-refractivity contribution in [1.82, 2.24) is 20.3 Å². The number of nitrogens with zero attached hydrogens (tertiary/aromatic N) is 1.